The molecule has 2 fully saturated rings. The van der Waals surface area contributed by atoms with Gasteiger partial charge in [-0.2, -0.15) is 0 Å². The molecule has 1 aromatic heterocycles. The molecule has 170 valence electrons. The number of nitrogens with two attached hydrogens (primary N) is 1. The second kappa shape index (κ2) is 8.03. The lowest BCUT2D eigenvalue weighted by Crippen LogP contribution is -2.39. The fraction of sp³-hybridized carbons (Fsp3) is 0.214. The van der Waals surface area contributed by atoms with Gasteiger partial charge in [0.25, 0.3) is 5.91 Å². The lowest BCUT2D eigenvalue weighted by molar-refractivity contribution is 0.0697. The average Bonchev–Trinajstić information content (AvgIpc) is 3.30. The van der Waals surface area contributed by atoms with E-state index in [1.165, 1.54) is 0 Å². The molecular formula is C28H23ClN2O3. The molecule has 1 saturated carbocycles. The maximum Gasteiger partial charge on any atom is 0.255 e. The van der Waals surface area contributed by atoms with Crippen molar-refractivity contribution in [2.45, 2.75) is 31.3 Å². The molecule has 0 radical (unpaired) electrons. The van der Waals surface area contributed by atoms with Crippen LogP contribution in [0.25, 0.3) is 22.1 Å². The Kier molecular flexibility index (Phi) is 4.96. The number of likely N-dealkylation sites (tertiary alicyclic amines) is 1. The van der Waals surface area contributed by atoms with Gasteiger partial charge >= 0.3 is 0 Å². The highest BCUT2D eigenvalue weighted by molar-refractivity contribution is 6.30. The molecule has 1 saturated heterocycles. The highest BCUT2D eigenvalue weighted by Gasteiger charge is 2.54. The first-order valence-corrected chi connectivity index (χ1v) is 11.9. The molecule has 2 N–H and O–H groups in total. The first kappa shape index (κ1) is 21.0. The predicted molar refractivity (Wildman–Crippen MR) is 132 cm³/mol. The van der Waals surface area contributed by atoms with Gasteiger partial charge in [-0.15, -0.1) is 0 Å². The van der Waals surface area contributed by atoms with Gasteiger partial charge in [0.2, 0.25) is 5.91 Å². The third-order valence-electron chi connectivity index (χ3n) is 7.05. The molecule has 6 heteroatoms. The van der Waals surface area contributed by atoms with Gasteiger partial charge in [0.05, 0.1) is 5.56 Å². The van der Waals surface area contributed by atoms with E-state index in [1.54, 1.807) is 12.1 Å². The number of carbonyl (C=O) groups is 2. The van der Waals surface area contributed by atoms with Crippen molar-refractivity contribution in [2.75, 3.05) is 0 Å². The number of fused-ring (bicyclic) bond motifs is 2. The molecule has 2 amide bonds. The fourth-order valence-corrected chi connectivity index (χ4v) is 5.63. The van der Waals surface area contributed by atoms with Gasteiger partial charge in [-0.3, -0.25) is 9.59 Å². The largest absolute Gasteiger partial charge is 0.461 e. The highest BCUT2D eigenvalue weighted by Crippen LogP contribution is 2.49. The van der Waals surface area contributed by atoms with E-state index in [2.05, 4.69) is 4.90 Å². The standard InChI is InChI=1S/C28H23ClN2O3/c29-18-6-3-5-16(11-18)21-7-1-2-8-23(21)28(33)31-19(12-17-13-25(17)31)14-20-15-24-22(27(30)32)9-4-10-26(24)34-20/h1-11,15,17,19,25H,12-14H2,(H2,30,32)/t17-,19+,25+/m1/s1. The smallest absolute Gasteiger partial charge is 0.255 e. The minimum Gasteiger partial charge on any atom is -0.461 e. The summed E-state index contributed by atoms with van der Waals surface area (Å²) in [5, 5.41) is 1.36. The van der Waals surface area contributed by atoms with Gasteiger partial charge in [-0.05, 0) is 66.3 Å². The van der Waals surface area contributed by atoms with Crippen LogP contribution < -0.4 is 5.73 Å². The third kappa shape index (κ3) is 3.57. The monoisotopic (exact) mass is 470 g/mol. The number of benzene rings is 3. The molecule has 0 bridgehead atoms. The number of hydrogen-bond donors (Lipinski definition) is 1. The van der Waals surface area contributed by atoms with E-state index in [1.807, 2.05) is 60.7 Å². The highest BCUT2D eigenvalue weighted by atomic mass is 35.5. The van der Waals surface area contributed by atoms with Crippen LogP contribution in [-0.4, -0.2) is 28.8 Å². The first-order valence-electron chi connectivity index (χ1n) is 11.5. The lowest BCUT2D eigenvalue weighted by Gasteiger charge is -2.28. The summed E-state index contributed by atoms with van der Waals surface area (Å²) in [4.78, 5) is 27.7. The van der Waals surface area contributed by atoms with Crippen molar-refractivity contribution >= 4 is 34.4 Å². The van der Waals surface area contributed by atoms with Crippen molar-refractivity contribution in [2.24, 2.45) is 11.7 Å². The molecular weight excluding hydrogens is 448 g/mol. The molecule has 4 aromatic rings. The van der Waals surface area contributed by atoms with Crippen LogP contribution in [0.2, 0.25) is 5.02 Å². The quantitative estimate of drug-likeness (QED) is 0.406. The van der Waals surface area contributed by atoms with Gasteiger partial charge in [0.15, 0.2) is 0 Å². The van der Waals surface area contributed by atoms with Crippen LogP contribution in [0.15, 0.2) is 77.2 Å². The molecule has 2 heterocycles. The van der Waals surface area contributed by atoms with Crippen molar-refractivity contribution in [1.82, 2.24) is 4.90 Å². The van der Waals surface area contributed by atoms with Crippen LogP contribution in [-0.2, 0) is 6.42 Å². The molecule has 0 unspecified atom stereocenters. The van der Waals surface area contributed by atoms with Crippen LogP contribution in [0, 0.1) is 5.92 Å². The Bertz CT molecular complexity index is 1440. The zero-order valence-corrected chi connectivity index (χ0v) is 19.2. The second-order valence-electron chi connectivity index (χ2n) is 9.22. The number of halogens is 1. The Labute approximate surface area is 202 Å². The average molecular weight is 471 g/mol. The van der Waals surface area contributed by atoms with E-state index >= 15 is 0 Å². The van der Waals surface area contributed by atoms with E-state index in [0.29, 0.717) is 34.1 Å². The summed E-state index contributed by atoms with van der Waals surface area (Å²) < 4.78 is 6.05. The number of primary amides is 1. The Hall–Kier alpha value is -3.57. The minimum atomic E-state index is -0.477. The van der Waals surface area contributed by atoms with Gasteiger partial charge in [-0.25, -0.2) is 0 Å². The molecule has 0 spiro atoms. The van der Waals surface area contributed by atoms with Crippen molar-refractivity contribution in [1.29, 1.82) is 0 Å². The summed E-state index contributed by atoms with van der Waals surface area (Å²) in [6.45, 7) is 0. The summed E-state index contributed by atoms with van der Waals surface area (Å²) in [7, 11) is 0. The number of hydrogen-bond acceptors (Lipinski definition) is 3. The maximum absolute atomic E-state index is 13.9. The Morgan fingerprint density at radius 1 is 0.971 bits per heavy atom. The Morgan fingerprint density at radius 2 is 1.76 bits per heavy atom. The van der Waals surface area contributed by atoms with E-state index < -0.39 is 5.91 Å². The summed E-state index contributed by atoms with van der Waals surface area (Å²) in [5.74, 6) is 0.864. The number of furan rings is 1. The minimum absolute atomic E-state index is 0.0412. The number of piperidine rings is 1. The molecule has 6 rings (SSSR count). The van der Waals surface area contributed by atoms with Crippen LogP contribution >= 0.6 is 11.6 Å². The molecule has 2 aliphatic rings. The summed E-state index contributed by atoms with van der Waals surface area (Å²) >= 11 is 6.23. The van der Waals surface area contributed by atoms with E-state index in [4.69, 9.17) is 21.8 Å². The molecule has 3 aromatic carbocycles. The summed E-state index contributed by atoms with van der Waals surface area (Å²) in [5.41, 5.74) is 9.11. The van der Waals surface area contributed by atoms with Crippen LogP contribution in [0.4, 0.5) is 0 Å². The van der Waals surface area contributed by atoms with E-state index in [9.17, 15) is 9.59 Å². The van der Waals surface area contributed by atoms with Crippen LogP contribution in [0.1, 0.15) is 39.3 Å². The van der Waals surface area contributed by atoms with Crippen molar-refractivity contribution < 1.29 is 14.0 Å². The Balaban J connectivity index is 1.32. The fourth-order valence-electron chi connectivity index (χ4n) is 5.44. The van der Waals surface area contributed by atoms with E-state index in [0.717, 1.165) is 35.1 Å². The predicted octanol–water partition coefficient (Wildman–Crippen LogP) is 5.70. The zero-order chi connectivity index (χ0) is 23.4. The van der Waals surface area contributed by atoms with Gasteiger partial charge in [-0.1, -0.05) is 48.0 Å². The second-order valence-corrected chi connectivity index (χ2v) is 9.66. The normalized spacial score (nSPS) is 21.0. The topological polar surface area (TPSA) is 76.5 Å². The molecule has 1 aliphatic carbocycles. The summed E-state index contributed by atoms with van der Waals surface area (Å²) in [6, 6.07) is 22.8. The van der Waals surface area contributed by atoms with Gasteiger partial charge in [0.1, 0.15) is 11.3 Å². The molecule has 1 aliphatic heterocycles. The maximum atomic E-state index is 13.9. The first-order chi connectivity index (χ1) is 16.5. The number of rotatable bonds is 5. The zero-order valence-electron chi connectivity index (χ0n) is 18.4. The van der Waals surface area contributed by atoms with Crippen molar-refractivity contribution in [3.8, 4) is 11.1 Å². The number of nitrogens with zero attached hydrogens (tertiary/aromatic N) is 1. The van der Waals surface area contributed by atoms with Crippen molar-refractivity contribution in [3.05, 3.63) is 94.7 Å². The number of carbonyl (C=O) groups excluding carboxylic acids is 2. The van der Waals surface area contributed by atoms with E-state index in [-0.39, 0.29) is 18.0 Å². The van der Waals surface area contributed by atoms with Crippen molar-refractivity contribution in [3.63, 3.8) is 0 Å². The van der Waals surface area contributed by atoms with Crippen LogP contribution in [0.5, 0.6) is 0 Å². The molecule has 34 heavy (non-hydrogen) atoms. The summed E-state index contributed by atoms with van der Waals surface area (Å²) in [6.07, 6.45) is 2.61. The molecule has 5 nitrogen and oxygen atoms in total. The van der Waals surface area contributed by atoms with Crippen LogP contribution in [0.3, 0.4) is 0 Å². The molecule has 3 atom stereocenters. The Morgan fingerprint density at radius 3 is 2.59 bits per heavy atom. The lowest BCUT2D eigenvalue weighted by atomic mass is 9.98. The SMILES string of the molecule is NC(=O)c1cccc2oc(C[C@@H]3C[C@@H]4C[C@@H]4N3C(=O)c3ccccc3-c3cccc(Cl)c3)cc12. The van der Waals surface area contributed by atoms with Gasteiger partial charge in [0, 0.05) is 34.5 Å². The number of amides is 2. The van der Waals surface area contributed by atoms with Gasteiger partial charge < -0.3 is 15.1 Å². The third-order valence-corrected chi connectivity index (χ3v) is 7.29.